The number of amides is 1. The number of nitrogens with zero attached hydrogens (tertiary/aromatic N) is 1. The quantitative estimate of drug-likeness (QED) is 0.702. The van der Waals surface area contributed by atoms with Crippen molar-refractivity contribution in [3.63, 3.8) is 0 Å². The molecule has 31 heavy (non-hydrogen) atoms. The zero-order chi connectivity index (χ0) is 22.8. The Labute approximate surface area is 184 Å². The number of anilines is 1. The van der Waals surface area contributed by atoms with Crippen LogP contribution in [0.1, 0.15) is 45.2 Å². The molecule has 7 nitrogen and oxygen atoms in total. The molecule has 2 aromatic carbocycles. The van der Waals surface area contributed by atoms with E-state index in [-0.39, 0.29) is 11.9 Å². The van der Waals surface area contributed by atoms with Gasteiger partial charge in [-0.05, 0) is 50.6 Å². The van der Waals surface area contributed by atoms with Crippen molar-refractivity contribution in [2.24, 2.45) is 0 Å². The molecule has 2 atom stereocenters. The Kier molecular flexibility index (Phi) is 6.50. The Hall–Kier alpha value is -2.74. The number of rotatable bonds is 7. The first-order valence-electron chi connectivity index (χ1n) is 10.3. The van der Waals surface area contributed by atoms with Crippen LogP contribution in [0.15, 0.2) is 48.5 Å². The van der Waals surface area contributed by atoms with Crippen molar-refractivity contribution in [1.29, 1.82) is 0 Å². The lowest BCUT2D eigenvalue weighted by molar-refractivity contribution is -0.123. The number of hydrogen-bond acceptors (Lipinski definition) is 5. The lowest BCUT2D eigenvalue weighted by Crippen LogP contribution is -2.51. The molecular formula is C23H30N2O5S. The number of fused-ring (bicyclic) bond motifs is 1. The highest BCUT2D eigenvalue weighted by atomic mass is 32.2. The summed E-state index contributed by atoms with van der Waals surface area (Å²) in [5.41, 5.74) is 0.783. The maximum absolute atomic E-state index is 13.4. The molecule has 1 aliphatic heterocycles. The van der Waals surface area contributed by atoms with Gasteiger partial charge in [0.05, 0.1) is 25.1 Å². The number of para-hydroxylation sites is 1. The van der Waals surface area contributed by atoms with Crippen molar-refractivity contribution in [2.45, 2.75) is 51.3 Å². The molecule has 0 saturated heterocycles. The van der Waals surface area contributed by atoms with Crippen molar-refractivity contribution < 1.29 is 22.7 Å². The Balaban J connectivity index is 1.95. The van der Waals surface area contributed by atoms with E-state index >= 15 is 0 Å². The van der Waals surface area contributed by atoms with Gasteiger partial charge in [0.1, 0.15) is 23.1 Å². The first kappa shape index (κ1) is 22.9. The third-order valence-corrected chi connectivity index (χ3v) is 6.51. The number of nitrogens with one attached hydrogen (secondary N) is 1. The molecule has 2 aromatic rings. The summed E-state index contributed by atoms with van der Waals surface area (Å²) in [5, 5.41) is 3.07. The second-order valence-corrected chi connectivity index (χ2v) is 10.2. The van der Waals surface area contributed by atoms with Crippen LogP contribution in [-0.4, -0.2) is 39.3 Å². The van der Waals surface area contributed by atoms with E-state index in [0.29, 0.717) is 30.0 Å². The number of carbonyl (C=O) groups excluding carboxylic acids is 1. The van der Waals surface area contributed by atoms with Crippen molar-refractivity contribution in [1.82, 2.24) is 5.32 Å². The van der Waals surface area contributed by atoms with E-state index in [2.05, 4.69) is 5.32 Å². The first-order chi connectivity index (χ1) is 14.6. The van der Waals surface area contributed by atoms with Crippen molar-refractivity contribution in [3.05, 3.63) is 54.1 Å². The highest BCUT2D eigenvalue weighted by molar-refractivity contribution is 7.92. The van der Waals surface area contributed by atoms with Gasteiger partial charge < -0.3 is 14.8 Å². The number of hydrogen-bond donors (Lipinski definition) is 1. The summed E-state index contributed by atoms with van der Waals surface area (Å²) in [6.07, 6.45) is 1.98. The summed E-state index contributed by atoms with van der Waals surface area (Å²) < 4.78 is 37.9. The molecule has 1 amide bonds. The molecule has 0 aromatic heterocycles. The maximum Gasteiger partial charge on any atom is 0.244 e. The number of ether oxygens (including phenoxy) is 2. The van der Waals surface area contributed by atoms with E-state index in [1.165, 1.54) is 4.31 Å². The van der Waals surface area contributed by atoms with Gasteiger partial charge in [-0.2, -0.15) is 0 Å². The maximum atomic E-state index is 13.4. The van der Waals surface area contributed by atoms with Gasteiger partial charge in [-0.25, -0.2) is 8.42 Å². The lowest BCUT2D eigenvalue weighted by atomic mass is 9.89. The molecular weight excluding hydrogens is 416 g/mol. The third kappa shape index (κ3) is 5.12. The van der Waals surface area contributed by atoms with Crippen LogP contribution < -0.4 is 19.1 Å². The predicted molar refractivity (Wildman–Crippen MR) is 121 cm³/mol. The molecule has 168 valence electrons. The Morgan fingerprint density at radius 3 is 2.52 bits per heavy atom. The van der Waals surface area contributed by atoms with Crippen LogP contribution in [0.25, 0.3) is 0 Å². The highest BCUT2D eigenvalue weighted by Gasteiger charge is 2.38. The topological polar surface area (TPSA) is 84.9 Å². The molecule has 8 heteroatoms. The van der Waals surface area contributed by atoms with Crippen molar-refractivity contribution in [2.75, 3.05) is 17.7 Å². The minimum atomic E-state index is -3.68. The fourth-order valence-corrected chi connectivity index (χ4v) is 5.20. The molecule has 0 aliphatic carbocycles. The summed E-state index contributed by atoms with van der Waals surface area (Å²) >= 11 is 0. The fraction of sp³-hybridized carbons (Fsp3) is 0.435. The minimum absolute atomic E-state index is 0.325. The lowest BCUT2D eigenvalue weighted by Gasteiger charge is -2.39. The standard InChI is InChI=1S/C23H30N2O5S/c1-6-20(25(31(5,27)28)16-10-8-7-9-11-16)22(26)24-19-15-23(2,3)30-21-13-12-17(29-4)14-18(19)21/h7-14,19-20H,6,15H2,1-5H3,(H,24,26)/t19-,20+/m0/s1. The summed E-state index contributed by atoms with van der Waals surface area (Å²) in [6.45, 7) is 5.73. The van der Waals surface area contributed by atoms with Crippen LogP contribution >= 0.6 is 0 Å². The van der Waals surface area contributed by atoms with Crippen LogP contribution in [0, 0.1) is 0 Å². The molecule has 3 rings (SSSR count). The van der Waals surface area contributed by atoms with Crippen LogP contribution in [0.4, 0.5) is 5.69 Å². The molecule has 1 N–H and O–H groups in total. The smallest absolute Gasteiger partial charge is 0.244 e. The second-order valence-electron chi connectivity index (χ2n) is 8.35. The largest absolute Gasteiger partial charge is 0.497 e. The van der Waals surface area contributed by atoms with E-state index in [9.17, 15) is 13.2 Å². The summed E-state index contributed by atoms with van der Waals surface area (Å²) in [7, 11) is -2.10. The fourth-order valence-electron chi connectivity index (χ4n) is 3.99. The molecule has 0 radical (unpaired) electrons. The van der Waals surface area contributed by atoms with Crippen molar-refractivity contribution >= 4 is 21.6 Å². The van der Waals surface area contributed by atoms with Crippen LogP contribution in [0.2, 0.25) is 0 Å². The van der Waals surface area contributed by atoms with Crippen LogP contribution in [0.5, 0.6) is 11.5 Å². The summed E-state index contributed by atoms with van der Waals surface area (Å²) in [5.74, 6) is 0.988. The zero-order valence-electron chi connectivity index (χ0n) is 18.6. The molecule has 1 aliphatic rings. The monoisotopic (exact) mass is 446 g/mol. The number of benzene rings is 2. The number of methoxy groups -OCH3 is 1. The third-order valence-electron chi connectivity index (χ3n) is 5.33. The summed E-state index contributed by atoms with van der Waals surface area (Å²) in [6, 6.07) is 13.0. The Morgan fingerprint density at radius 1 is 1.26 bits per heavy atom. The van der Waals surface area contributed by atoms with Crippen LogP contribution in [-0.2, 0) is 14.8 Å². The van der Waals surface area contributed by atoms with E-state index in [4.69, 9.17) is 9.47 Å². The molecule has 0 bridgehead atoms. The SMILES string of the molecule is CC[C@H](C(=O)N[C@H]1CC(C)(C)Oc2ccc(OC)cc21)N(c1ccccc1)S(C)(=O)=O. The molecule has 0 spiro atoms. The Bertz CT molecular complexity index is 1040. The van der Waals surface area contributed by atoms with Gasteiger partial charge in [0, 0.05) is 12.0 Å². The molecule has 0 fully saturated rings. The Morgan fingerprint density at radius 2 is 1.94 bits per heavy atom. The van der Waals surface area contributed by atoms with Gasteiger partial charge in [0.25, 0.3) is 0 Å². The van der Waals surface area contributed by atoms with E-state index in [1.54, 1.807) is 44.4 Å². The summed E-state index contributed by atoms with van der Waals surface area (Å²) in [4.78, 5) is 13.4. The van der Waals surface area contributed by atoms with Crippen LogP contribution in [0.3, 0.4) is 0 Å². The van der Waals surface area contributed by atoms with E-state index in [1.807, 2.05) is 32.0 Å². The second kappa shape index (κ2) is 8.78. The highest BCUT2D eigenvalue weighted by Crippen LogP contribution is 2.41. The zero-order valence-corrected chi connectivity index (χ0v) is 19.4. The molecule has 1 heterocycles. The predicted octanol–water partition coefficient (Wildman–Crippen LogP) is 3.66. The number of carbonyl (C=O) groups is 1. The number of sulfonamides is 1. The molecule has 0 saturated carbocycles. The average Bonchev–Trinajstić information content (AvgIpc) is 2.70. The minimum Gasteiger partial charge on any atom is -0.497 e. The average molecular weight is 447 g/mol. The van der Waals surface area contributed by atoms with E-state index in [0.717, 1.165) is 11.8 Å². The van der Waals surface area contributed by atoms with Gasteiger partial charge in [0.15, 0.2) is 0 Å². The van der Waals surface area contributed by atoms with Gasteiger partial charge in [-0.3, -0.25) is 9.10 Å². The normalized spacial score (nSPS) is 18.3. The molecule has 0 unspecified atom stereocenters. The van der Waals surface area contributed by atoms with Gasteiger partial charge in [-0.15, -0.1) is 0 Å². The first-order valence-corrected chi connectivity index (χ1v) is 12.1. The van der Waals surface area contributed by atoms with E-state index < -0.39 is 21.7 Å². The van der Waals surface area contributed by atoms with Gasteiger partial charge in [-0.1, -0.05) is 25.1 Å². The van der Waals surface area contributed by atoms with Crippen molar-refractivity contribution in [3.8, 4) is 11.5 Å². The van der Waals surface area contributed by atoms with Gasteiger partial charge in [0.2, 0.25) is 15.9 Å². The van der Waals surface area contributed by atoms with Gasteiger partial charge >= 0.3 is 0 Å².